The summed E-state index contributed by atoms with van der Waals surface area (Å²) in [5.41, 5.74) is 0.608. The number of aliphatic hydroxyl groups is 1. The van der Waals surface area contributed by atoms with Crippen molar-refractivity contribution in [3.8, 4) is 0 Å². The second-order valence-corrected chi connectivity index (χ2v) is 6.09. The molecule has 18 heavy (non-hydrogen) atoms. The third-order valence-corrected chi connectivity index (χ3v) is 4.79. The molecule has 2 aliphatic rings. The zero-order chi connectivity index (χ0) is 13.5. The van der Waals surface area contributed by atoms with Crippen molar-refractivity contribution in [2.45, 2.75) is 44.6 Å². The smallest absolute Gasteiger partial charge is 0.331 e. The molecule has 0 radical (unpaired) electrons. The van der Waals surface area contributed by atoms with Crippen LogP contribution in [0, 0.1) is 17.8 Å². The Kier molecular flexibility index (Phi) is 3.37. The Labute approximate surface area is 108 Å². The SMILES string of the molecule is C=C(C(=O)O)C1CC2C(=C)CCCC2[C@](C)(O)C1. The zero-order valence-electron chi connectivity index (χ0n) is 11.0. The topological polar surface area (TPSA) is 57.5 Å². The second kappa shape index (κ2) is 4.54. The fraction of sp³-hybridized carbons (Fsp3) is 0.667. The lowest BCUT2D eigenvalue weighted by Gasteiger charge is -2.49. The van der Waals surface area contributed by atoms with Crippen molar-refractivity contribution in [3.63, 3.8) is 0 Å². The Morgan fingerprint density at radius 1 is 1.50 bits per heavy atom. The van der Waals surface area contributed by atoms with E-state index in [1.807, 2.05) is 6.92 Å². The number of fused-ring (bicyclic) bond motifs is 1. The molecule has 2 fully saturated rings. The van der Waals surface area contributed by atoms with E-state index in [0.717, 1.165) is 25.7 Å². The molecule has 2 aliphatic carbocycles. The van der Waals surface area contributed by atoms with Gasteiger partial charge in [0.05, 0.1) is 5.60 Å². The highest BCUT2D eigenvalue weighted by Crippen LogP contribution is 2.50. The standard InChI is InChI=1S/C15H22O3/c1-9-5-4-6-13-12(9)7-11(8-15(13,3)18)10(2)14(16)17/h11-13,18H,1-2,4-8H2,3H3,(H,16,17)/t11?,12?,13?,15-/m1/s1. The Morgan fingerprint density at radius 3 is 2.78 bits per heavy atom. The van der Waals surface area contributed by atoms with E-state index < -0.39 is 11.6 Å². The van der Waals surface area contributed by atoms with Crippen LogP contribution >= 0.6 is 0 Å². The molecule has 3 nitrogen and oxygen atoms in total. The van der Waals surface area contributed by atoms with Crippen LogP contribution in [0.5, 0.6) is 0 Å². The van der Waals surface area contributed by atoms with Gasteiger partial charge in [-0.15, -0.1) is 0 Å². The van der Waals surface area contributed by atoms with Crippen molar-refractivity contribution >= 4 is 5.97 Å². The molecule has 0 aromatic heterocycles. The van der Waals surface area contributed by atoms with Gasteiger partial charge in [0, 0.05) is 5.57 Å². The van der Waals surface area contributed by atoms with Gasteiger partial charge < -0.3 is 10.2 Å². The van der Waals surface area contributed by atoms with Crippen LogP contribution in [0.25, 0.3) is 0 Å². The normalized spacial score (nSPS) is 40.1. The summed E-state index contributed by atoms with van der Waals surface area (Å²) < 4.78 is 0. The molecule has 0 saturated heterocycles. The molecule has 3 heteroatoms. The van der Waals surface area contributed by atoms with Gasteiger partial charge >= 0.3 is 5.97 Å². The molecule has 0 bridgehead atoms. The van der Waals surface area contributed by atoms with Crippen LogP contribution in [0.2, 0.25) is 0 Å². The van der Waals surface area contributed by atoms with Crippen LogP contribution in [-0.4, -0.2) is 21.8 Å². The first-order chi connectivity index (χ1) is 8.33. The first-order valence-corrected chi connectivity index (χ1v) is 6.65. The van der Waals surface area contributed by atoms with E-state index in [4.69, 9.17) is 5.11 Å². The molecule has 2 N–H and O–H groups in total. The molecule has 4 atom stereocenters. The van der Waals surface area contributed by atoms with Gasteiger partial charge in [0.25, 0.3) is 0 Å². The lowest BCUT2D eigenvalue weighted by molar-refractivity contribution is -0.134. The Hall–Kier alpha value is -1.09. The van der Waals surface area contributed by atoms with E-state index in [2.05, 4.69) is 13.2 Å². The number of aliphatic carboxylic acids is 1. The number of carbonyl (C=O) groups is 1. The quantitative estimate of drug-likeness (QED) is 0.585. The summed E-state index contributed by atoms with van der Waals surface area (Å²) >= 11 is 0. The van der Waals surface area contributed by atoms with Gasteiger partial charge in [-0.05, 0) is 56.8 Å². The molecule has 0 amide bonds. The first kappa shape index (κ1) is 13.3. The van der Waals surface area contributed by atoms with Gasteiger partial charge in [0.2, 0.25) is 0 Å². The van der Waals surface area contributed by atoms with Crippen LogP contribution in [0.1, 0.15) is 39.0 Å². The summed E-state index contributed by atoms with van der Waals surface area (Å²) in [6.45, 7) is 9.62. The van der Waals surface area contributed by atoms with Crippen molar-refractivity contribution < 1.29 is 15.0 Å². The van der Waals surface area contributed by atoms with Crippen LogP contribution < -0.4 is 0 Å². The monoisotopic (exact) mass is 250 g/mol. The second-order valence-electron chi connectivity index (χ2n) is 6.09. The van der Waals surface area contributed by atoms with Crippen molar-refractivity contribution in [2.75, 3.05) is 0 Å². The summed E-state index contributed by atoms with van der Waals surface area (Å²) in [6.07, 6.45) is 4.39. The lowest BCUT2D eigenvalue weighted by Crippen LogP contribution is -2.48. The van der Waals surface area contributed by atoms with E-state index in [1.54, 1.807) is 0 Å². The molecule has 0 aliphatic heterocycles. The molecule has 0 aromatic rings. The molecule has 100 valence electrons. The van der Waals surface area contributed by atoms with Gasteiger partial charge in [-0.1, -0.05) is 18.7 Å². The molecule has 0 spiro atoms. The average molecular weight is 250 g/mol. The predicted molar refractivity (Wildman–Crippen MR) is 70.1 cm³/mol. The number of hydrogen-bond acceptors (Lipinski definition) is 2. The Balaban J connectivity index is 2.23. The maximum absolute atomic E-state index is 11.0. The minimum Gasteiger partial charge on any atom is -0.478 e. The molecular formula is C15H22O3. The number of carboxylic acids is 1. The molecular weight excluding hydrogens is 228 g/mol. The van der Waals surface area contributed by atoms with Crippen molar-refractivity contribution in [1.82, 2.24) is 0 Å². The van der Waals surface area contributed by atoms with E-state index in [0.29, 0.717) is 6.42 Å². The molecule has 0 aromatic carbocycles. The van der Waals surface area contributed by atoms with Gasteiger partial charge in [0.15, 0.2) is 0 Å². The van der Waals surface area contributed by atoms with Crippen molar-refractivity contribution in [2.24, 2.45) is 17.8 Å². The van der Waals surface area contributed by atoms with E-state index in [1.165, 1.54) is 5.57 Å². The largest absolute Gasteiger partial charge is 0.478 e. The number of allylic oxidation sites excluding steroid dienone is 1. The lowest BCUT2D eigenvalue weighted by atomic mass is 9.58. The van der Waals surface area contributed by atoms with Gasteiger partial charge in [-0.2, -0.15) is 0 Å². The minimum absolute atomic E-state index is 0.131. The van der Waals surface area contributed by atoms with Crippen molar-refractivity contribution in [1.29, 1.82) is 0 Å². The summed E-state index contributed by atoms with van der Waals surface area (Å²) in [7, 11) is 0. The fourth-order valence-electron chi connectivity index (χ4n) is 3.78. The highest BCUT2D eigenvalue weighted by molar-refractivity contribution is 5.86. The van der Waals surface area contributed by atoms with E-state index in [9.17, 15) is 9.90 Å². The Bertz CT molecular complexity index is 395. The summed E-state index contributed by atoms with van der Waals surface area (Å²) in [5.74, 6) is -0.593. The van der Waals surface area contributed by atoms with E-state index in [-0.39, 0.29) is 23.3 Å². The van der Waals surface area contributed by atoms with Gasteiger partial charge in [-0.25, -0.2) is 4.79 Å². The minimum atomic E-state index is -0.948. The van der Waals surface area contributed by atoms with Crippen LogP contribution in [0.15, 0.2) is 24.3 Å². The summed E-state index contributed by atoms with van der Waals surface area (Å²) in [4.78, 5) is 11.0. The third-order valence-electron chi connectivity index (χ3n) is 4.79. The molecule has 0 heterocycles. The van der Waals surface area contributed by atoms with Crippen molar-refractivity contribution in [3.05, 3.63) is 24.3 Å². The number of hydrogen-bond donors (Lipinski definition) is 2. The molecule has 2 saturated carbocycles. The Morgan fingerprint density at radius 2 is 2.17 bits per heavy atom. The average Bonchev–Trinajstić information content (AvgIpc) is 2.28. The first-order valence-electron chi connectivity index (χ1n) is 6.65. The molecule has 2 rings (SSSR count). The van der Waals surface area contributed by atoms with Gasteiger partial charge in [0.1, 0.15) is 0 Å². The summed E-state index contributed by atoms with van der Waals surface area (Å²) in [6, 6.07) is 0. The fourth-order valence-corrected chi connectivity index (χ4v) is 3.78. The molecule has 3 unspecified atom stereocenters. The highest BCUT2D eigenvalue weighted by atomic mass is 16.4. The predicted octanol–water partition coefficient (Wildman–Crippen LogP) is 2.76. The maximum atomic E-state index is 11.0. The van der Waals surface area contributed by atoms with Crippen LogP contribution in [-0.2, 0) is 4.79 Å². The van der Waals surface area contributed by atoms with E-state index >= 15 is 0 Å². The zero-order valence-corrected chi connectivity index (χ0v) is 11.0. The van der Waals surface area contributed by atoms with Crippen LogP contribution in [0.4, 0.5) is 0 Å². The third kappa shape index (κ3) is 2.24. The number of carboxylic acid groups (broad SMARTS) is 1. The summed E-state index contributed by atoms with van der Waals surface area (Å²) in [5, 5.41) is 19.7. The van der Waals surface area contributed by atoms with Crippen LogP contribution in [0.3, 0.4) is 0 Å². The van der Waals surface area contributed by atoms with Gasteiger partial charge in [-0.3, -0.25) is 0 Å². The number of rotatable bonds is 2. The maximum Gasteiger partial charge on any atom is 0.331 e. The highest BCUT2D eigenvalue weighted by Gasteiger charge is 2.47.